The highest BCUT2D eigenvalue weighted by atomic mass is 32.1. The van der Waals surface area contributed by atoms with Crippen molar-refractivity contribution in [1.82, 2.24) is 0 Å². The van der Waals surface area contributed by atoms with Crippen molar-refractivity contribution < 1.29 is 4.74 Å². The normalized spacial score (nSPS) is 9.47. The molecule has 2 heteroatoms. The lowest BCUT2D eigenvalue weighted by Crippen LogP contribution is -1.85. The molecule has 0 aliphatic carbocycles. The Balaban J connectivity index is 0.000000686. The van der Waals surface area contributed by atoms with E-state index in [0.29, 0.717) is 0 Å². The first-order valence-corrected chi connectivity index (χ1v) is 6.74. The summed E-state index contributed by atoms with van der Waals surface area (Å²) in [4.78, 5) is 2.67. The highest BCUT2D eigenvalue weighted by Crippen LogP contribution is 2.31. The Morgan fingerprint density at radius 3 is 2.18 bits per heavy atom. The molecule has 0 saturated heterocycles. The van der Waals surface area contributed by atoms with E-state index in [1.54, 1.807) is 7.11 Å². The molecular formula is C15H20OS. The summed E-state index contributed by atoms with van der Waals surface area (Å²) in [5.74, 6) is 0.921. The van der Waals surface area contributed by atoms with Crippen LogP contribution in [0, 0.1) is 13.8 Å². The molecule has 0 spiro atoms. The highest BCUT2D eigenvalue weighted by molar-refractivity contribution is 7.15. The smallest absolute Gasteiger partial charge is 0.119 e. The number of methoxy groups -OCH3 is 1. The van der Waals surface area contributed by atoms with Crippen LogP contribution in [0.1, 0.15) is 24.3 Å². The minimum absolute atomic E-state index is 0.921. The Labute approximate surface area is 108 Å². The molecule has 0 aliphatic heterocycles. The second kappa shape index (κ2) is 6.45. The third-order valence-corrected chi connectivity index (χ3v) is 3.47. The number of ether oxygens (including phenoxy) is 1. The molecule has 2 aromatic rings. The fourth-order valence-corrected chi connectivity index (χ4v) is 2.58. The minimum atomic E-state index is 0.921. The van der Waals surface area contributed by atoms with Crippen molar-refractivity contribution in [3.05, 3.63) is 40.8 Å². The largest absolute Gasteiger partial charge is 0.497 e. The van der Waals surface area contributed by atoms with Crippen LogP contribution in [-0.2, 0) is 0 Å². The number of hydrogen-bond acceptors (Lipinski definition) is 2. The van der Waals surface area contributed by atoms with E-state index in [-0.39, 0.29) is 0 Å². The van der Waals surface area contributed by atoms with Crippen molar-refractivity contribution in [1.29, 1.82) is 0 Å². The van der Waals surface area contributed by atoms with Gasteiger partial charge >= 0.3 is 0 Å². The number of rotatable bonds is 2. The summed E-state index contributed by atoms with van der Waals surface area (Å²) in [6.45, 7) is 8.25. The highest BCUT2D eigenvalue weighted by Gasteiger charge is 2.04. The van der Waals surface area contributed by atoms with E-state index in [9.17, 15) is 0 Å². The van der Waals surface area contributed by atoms with Gasteiger partial charge in [-0.1, -0.05) is 13.8 Å². The van der Waals surface area contributed by atoms with E-state index in [4.69, 9.17) is 4.74 Å². The Morgan fingerprint density at radius 2 is 1.71 bits per heavy atom. The molecule has 0 saturated carbocycles. The van der Waals surface area contributed by atoms with E-state index in [2.05, 4.69) is 38.1 Å². The van der Waals surface area contributed by atoms with Crippen molar-refractivity contribution in [2.75, 3.05) is 7.11 Å². The molecule has 1 heterocycles. The van der Waals surface area contributed by atoms with Gasteiger partial charge in [-0.05, 0) is 55.3 Å². The lowest BCUT2D eigenvalue weighted by molar-refractivity contribution is 0.414. The van der Waals surface area contributed by atoms with Crippen LogP contribution in [0.4, 0.5) is 0 Å². The molecule has 0 bridgehead atoms. The lowest BCUT2D eigenvalue weighted by Gasteiger charge is -2.05. The summed E-state index contributed by atoms with van der Waals surface area (Å²) in [6, 6.07) is 10.5. The number of thiophene rings is 1. The standard InChI is InChI=1S/C13H14OS.C2H6/c1-9-8-11(14-3)5-6-12(9)13-7-4-10(2)15-13;1-2/h4-8H,1-3H3;1-2H3. The summed E-state index contributed by atoms with van der Waals surface area (Å²) < 4.78 is 5.19. The van der Waals surface area contributed by atoms with Crippen molar-refractivity contribution in [2.45, 2.75) is 27.7 Å². The first-order chi connectivity index (χ1) is 8.20. The van der Waals surface area contributed by atoms with Crippen molar-refractivity contribution >= 4 is 11.3 Å². The third-order valence-electron chi connectivity index (χ3n) is 2.44. The first kappa shape index (κ1) is 13.8. The fraction of sp³-hybridized carbons (Fsp3) is 0.333. The first-order valence-electron chi connectivity index (χ1n) is 5.92. The van der Waals surface area contributed by atoms with Gasteiger partial charge in [0.25, 0.3) is 0 Å². The second-order valence-corrected chi connectivity index (χ2v) is 4.88. The van der Waals surface area contributed by atoms with Gasteiger partial charge in [-0.3, -0.25) is 0 Å². The van der Waals surface area contributed by atoms with Gasteiger partial charge in [0.1, 0.15) is 5.75 Å². The molecule has 92 valence electrons. The van der Waals surface area contributed by atoms with Crippen molar-refractivity contribution in [3.8, 4) is 16.2 Å². The van der Waals surface area contributed by atoms with Crippen LogP contribution in [-0.4, -0.2) is 7.11 Å². The molecule has 0 unspecified atom stereocenters. The van der Waals surface area contributed by atoms with Crippen molar-refractivity contribution in [3.63, 3.8) is 0 Å². The van der Waals surface area contributed by atoms with Crippen LogP contribution < -0.4 is 4.74 Å². The zero-order valence-corrected chi connectivity index (χ0v) is 12.0. The van der Waals surface area contributed by atoms with Crippen molar-refractivity contribution in [2.24, 2.45) is 0 Å². The monoisotopic (exact) mass is 248 g/mol. The van der Waals surface area contributed by atoms with Gasteiger partial charge in [0.15, 0.2) is 0 Å². The summed E-state index contributed by atoms with van der Waals surface area (Å²) in [6.07, 6.45) is 0. The molecule has 1 nitrogen and oxygen atoms in total. The molecule has 1 aromatic carbocycles. The fourth-order valence-electron chi connectivity index (χ4n) is 1.62. The van der Waals surface area contributed by atoms with Gasteiger partial charge in [0, 0.05) is 9.75 Å². The van der Waals surface area contributed by atoms with Crippen LogP contribution in [0.25, 0.3) is 10.4 Å². The van der Waals surface area contributed by atoms with Gasteiger partial charge < -0.3 is 4.74 Å². The zero-order valence-electron chi connectivity index (χ0n) is 11.2. The second-order valence-electron chi connectivity index (χ2n) is 3.59. The SMILES string of the molecule is CC.COc1ccc(-c2ccc(C)s2)c(C)c1. The zero-order chi connectivity index (χ0) is 12.8. The summed E-state index contributed by atoms with van der Waals surface area (Å²) in [5, 5.41) is 0. The molecule has 0 aliphatic rings. The Bertz CT molecular complexity index is 472. The van der Waals surface area contributed by atoms with Gasteiger partial charge in [0.05, 0.1) is 7.11 Å². The summed E-state index contributed by atoms with van der Waals surface area (Å²) >= 11 is 1.83. The molecule has 1 aromatic heterocycles. The Hall–Kier alpha value is -1.28. The van der Waals surface area contributed by atoms with Crippen LogP contribution >= 0.6 is 11.3 Å². The number of aryl methyl sites for hydroxylation is 2. The molecule has 0 fully saturated rings. The topological polar surface area (TPSA) is 9.23 Å². The average Bonchev–Trinajstić information content (AvgIpc) is 2.78. The lowest BCUT2D eigenvalue weighted by atomic mass is 10.1. The van der Waals surface area contributed by atoms with E-state index >= 15 is 0 Å². The molecule has 0 radical (unpaired) electrons. The van der Waals surface area contributed by atoms with E-state index < -0.39 is 0 Å². The summed E-state index contributed by atoms with van der Waals surface area (Å²) in [7, 11) is 1.70. The van der Waals surface area contributed by atoms with E-state index in [0.717, 1.165) is 5.75 Å². The maximum Gasteiger partial charge on any atom is 0.119 e. The van der Waals surface area contributed by atoms with Crippen LogP contribution in [0.5, 0.6) is 5.75 Å². The average molecular weight is 248 g/mol. The van der Waals surface area contributed by atoms with Crippen LogP contribution in [0.2, 0.25) is 0 Å². The third kappa shape index (κ3) is 3.34. The quantitative estimate of drug-likeness (QED) is 0.721. The molecule has 0 N–H and O–H groups in total. The van der Waals surface area contributed by atoms with E-state index in [1.165, 1.54) is 20.9 Å². The minimum Gasteiger partial charge on any atom is -0.497 e. The molecular weight excluding hydrogens is 228 g/mol. The van der Waals surface area contributed by atoms with Crippen LogP contribution in [0.15, 0.2) is 30.3 Å². The molecule has 2 rings (SSSR count). The van der Waals surface area contributed by atoms with E-state index in [1.807, 2.05) is 31.3 Å². The molecule has 17 heavy (non-hydrogen) atoms. The predicted octanol–water partition coefficient (Wildman–Crippen LogP) is 5.07. The van der Waals surface area contributed by atoms with Crippen LogP contribution in [0.3, 0.4) is 0 Å². The van der Waals surface area contributed by atoms with Gasteiger partial charge in [-0.15, -0.1) is 11.3 Å². The maximum atomic E-state index is 5.19. The number of benzene rings is 1. The van der Waals surface area contributed by atoms with Gasteiger partial charge in [-0.2, -0.15) is 0 Å². The molecule has 0 amide bonds. The number of hydrogen-bond donors (Lipinski definition) is 0. The Kier molecular flexibility index (Phi) is 5.23. The predicted molar refractivity (Wildman–Crippen MR) is 77.1 cm³/mol. The Morgan fingerprint density at radius 1 is 1.00 bits per heavy atom. The molecule has 0 atom stereocenters. The van der Waals surface area contributed by atoms with Gasteiger partial charge in [0.2, 0.25) is 0 Å². The van der Waals surface area contributed by atoms with Gasteiger partial charge in [-0.25, -0.2) is 0 Å². The maximum absolute atomic E-state index is 5.19. The summed E-state index contributed by atoms with van der Waals surface area (Å²) in [5.41, 5.74) is 2.56.